The minimum absolute atomic E-state index is 0.0654. The summed E-state index contributed by atoms with van der Waals surface area (Å²) in [5.74, 6) is 0. The highest BCUT2D eigenvalue weighted by Gasteiger charge is 2.17. The lowest BCUT2D eigenvalue weighted by Crippen LogP contribution is -2.35. The minimum Gasteiger partial charge on any atom is -0.465 e. The summed E-state index contributed by atoms with van der Waals surface area (Å²) in [5.41, 5.74) is 1.78. The van der Waals surface area contributed by atoms with Crippen molar-refractivity contribution in [2.75, 3.05) is 13.1 Å². The van der Waals surface area contributed by atoms with Crippen LogP contribution < -0.4 is 0 Å². The first-order chi connectivity index (χ1) is 10.6. The van der Waals surface area contributed by atoms with Crippen molar-refractivity contribution < 1.29 is 15.0 Å². The van der Waals surface area contributed by atoms with E-state index in [2.05, 4.69) is 15.9 Å². The molecule has 2 rings (SSSR count). The molecule has 2 aromatic rings. The van der Waals surface area contributed by atoms with E-state index in [1.54, 1.807) is 12.1 Å². The second kappa shape index (κ2) is 7.96. The summed E-state index contributed by atoms with van der Waals surface area (Å²) >= 11 is 3.37. The van der Waals surface area contributed by atoms with Crippen molar-refractivity contribution in [3.8, 4) is 0 Å². The lowest BCUT2D eigenvalue weighted by molar-refractivity contribution is 0.0973. The molecule has 0 aliphatic heterocycles. The highest BCUT2D eigenvalue weighted by Crippen LogP contribution is 2.15. The van der Waals surface area contributed by atoms with Crippen LogP contribution in [0.3, 0.4) is 0 Å². The predicted octanol–water partition coefficient (Wildman–Crippen LogP) is 3.71. The van der Waals surface area contributed by atoms with Crippen molar-refractivity contribution in [3.63, 3.8) is 0 Å². The van der Waals surface area contributed by atoms with Crippen LogP contribution in [0, 0.1) is 0 Å². The van der Waals surface area contributed by atoms with Crippen LogP contribution >= 0.6 is 15.9 Å². The largest absolute Gasteiger partial charge is 0.465 e. The van der Waals surface area contributed by atoms with Gasteiger partial charge in [0, 0.05) is 11.0 Å². The van der Waals surface area contributed by atoms with Gasteiger partial charge in [0.15, 0.2) is 0 Å². The summed E-state index contributed by atoms with van der Waals surface area (Å²) in [4.78, 5) is 12.6. The molecule has 0 spiro atoms. The van der Waals surface area contributed by atoms with Gasteiger partial charge in [-0.3, -0.25) is 0 Å². The lowest BCUT2D eigenvalue weighted by atomic mass is 10.1. The molecular weight excluding hydrogens is 346 g/mol. The Morgan fingerprint density at radius 1 is 1.09 bits per heavy atom. The van der Waals surface area contributed by atoms with Crippen LogP contribution in [0.15, 0.2) is 59.1 Å². The number of carbonyl (C=O) groups is 1. The fourth-order valence-corrected chi connectivity index (χ4v) is 2.43. The van der Waals surface area contributed by atoms with Gasteiger partial charge in [-0.1, -0.05) is 58.4 Å². The molecular formula is C17H18BrNO3. The Balaban J connectivity index is 1.95. The van der Waals surface area contributed by atoms with E-state index in [4.69, 9.17) is 0 Å². The molecule has 1 atom stereocenters. The monoisotopic (exact) mass is 363 g/mol. The van der Waals surface area contributed by atoms with Gasteiger partial charge in [0.1, 0.15) is 0 Å². The number of benzene rings is 2. The zero-order valence-corrected chi connectivity index (χ0v) is 13.6. The molecule has 2 N–H and O–H groups in total. The van der Waals surface area contributed by atoms with Crippen molar-refractivity contribution in [1.82, 2.24) is 4.90 Å². The molecule has 0 saturated carbocycles. The molecule has 0 bridgehead atoms. The molecule has 2 aromatic carbocycles. The number of hydrogen-bond acceptors (Lipinski definition) is 2. The number of aliphatic hydroxyl groups excluding tert-OH is 1. The van der Waals surface area contributed by atoms with Gasteiger partial charge in [-0.05, 0) is 29.7 Å². The topological polar surface area (TPSA) is 60.8 Å². The van der Waals surface area contributed by atoms with Crippen LogP contribution in [-0.4, -0.2) is 34.3 Å². The van der Waals surface area contributed by atoms with Crippen LogP contribution in [0.4, 0.5) is 4.79 Å². The smallest absolute Gasteiger partial charge is 0.407 e. The number of rotatable bonds is 6. The molecule has 22 heavy (non-hydrogen) atoms. The molecule has 5 heteroatoms. The molecule has 1 amide bonds. The first kappa shape index (κ1) is 16.5. The van der Waals surface area contributed by atoms with E-state index in [0.717, 1.165) is 15.6 Å². The second-order valence-corrected chi connectivity index (χ2v) is 5.95. The van der Waals surface area contributed by atoms with Crippen LogP contribution in [-0.2, 0) is 6.42 Å². The van der Waals surface area contributed by atoms with E-state index in [0.29, 0.717) is 13.0 Å². The standard InChI is InChI=1S/C17H18BrNO3/c18-15-8-6-13(7-9-15)10-11-19(17(21)22)12-16(20)14-4-2-1-3-5-14/h1-9,16,20H,10-12H2,(H,21,22)/t16-/m1/s1. The summed E-state index contributed by atoms with van der Waals surface area (Å²) in [7, 11) is 0. The van der Waals surface area contributed by atoms with Crippen molar-refractivity contribution in [2.24, 2.45) is 0 Å². The Bertz CT molecular complexity index is 601. The summed E-state index contributed by atoms with van der Waals surface area (Å²) in [5, 5.41) is 19.5. The van der Waals surface area contributed by atoms with E-state index in [1.165, 1.54) is 4.90 Å². The second-order valence-electron chi connectivity index (χ2n) is 5.03. The molecule has 0 heterocycles. The maximum atomic E-state index is 11.3. The van der Waals surface area contributed by atoms with Crippen molar-refractivity contribution in [2.45, 2.75) is 12.5 Å². The normalized spacial score (nSPS) is 11.9. The number of aliphatic hydroxyl groups is 1. The van der Waals surface area contributed by atoms with Gasteiger partial charge in [-0.2, -0.15) is 0 Å². The van der Waals surface area contributed by atoms with E-state index < -0.39 is 12.2 Å². The van der Waals surface area contributed by atoms with Crippen molar-refractivity contribution in [3.05, 3.63) is 70.2 Å². The van der Waals surface area contributed by atoms with Gasteiger partial charge in [-0.25, -0.2) is 4.79 Å². The molecule has 0 aliphatic carbocycles. The Morgan fingerprint density at radius 3 is 2.32 bits per heavy atom. The molecule has 0 radical (unpaired) electrons. The third-order valence-corrected chi connectivity index (χ3v) is 3.96. The third kappa shape index (κ3) is 4.86. The number of carboxylic acid groups (broad SMARTS) is 1. The summed E-state index contributed by atoms with van der Waals surface area (Å²) < 4.78 is 0.992. The number of nitrogens with zero attached hydrogens (tertiary/aromatic N) is 1. The number of halogens is 1. The van der Waals surface area contributed by atoms with Gasteiger partial charge in [0.25, 0.3) is 0 Å². The number of amides is 1. The van der Waals surface area contributed by atoms with Crippen LogP contribution in [0.1, 0.15) is 17.2 Å². The van der Waals surface area contributed by atoms with Crippen molar-refractivity contribution >= 4 is 22.0 Å². The highest BCUT2D eigenvalue weighted by molar-refractivity contribution is 9.10. The molecule has 116 valence electrons. The number of hydrogen-bond donors (Lipinski definition) is 2. The summed E-state index contributed by atoms with van der Waals surface area (Å²) in [6, 6.07) is 16.9. The van der Waals surface area contributed by atoms with Gasteiger partial charge >= 0.3 is 6.09 Å². The van der Waals surface area contributed by atoms with E-state index in [9.17, 15) is 15.0 Å². The minimum atomic E-state index is -1.02. The summed E-state index contributed by atoms with van der Waals surface area (Å²) in [6.45, 7) is 0.413. The zero-order chi connectivity index (χ0) is 15.9. The van der Waals surface area contributed by atoms with Gasteiger partial charge in [0.05, 0.1) is 12.6 Å². The van der Waals surface area contributed by atoms with E-state index in [1.807, 2.05) is 42.5 Å². The fraction of sp³-hybridized carbons (Fsp3) is 0.235. The fourth-order valence-electron chi connectivity index (χ4n) is 2.17. The Labute approximate surface area is 138 Å². The average molecular weight is 364 g/mol. The van der Waals surface area contributed by atoms with E-state index >= 15 is 0 Å². The molecule has 4 nitrogen and oxygen atoms in total. The summed E-state index contributed by atoms with van der Waals surface area (Å²) in [6.07, 6.45) is -1.23. The molecule has 0 aromatic heterocycles. The maximum absolute atomic E-state index is 11.3. The first-order valence-electron chi connectivity index (χ1n) is 7.01. The van der Waals surface area contributed by atoms with Crippen LogP contribution in [0.25, 0.3) is 0 Å². The maximum Gasteiger partial charge on any atom is 0.407 e. The van der Waals surface area contributed by atoms with Gasteiger partial charge in [0.2, 0.25) is 0 Å². The highest BCUT2D eigenvalue weighted by atomic mass is 79.9. The predicted molar refractivity (Wildman–Crippen MR) is 88.8 cm³/mol. The van der Waals surface area contributed by atoms with E-state index in [-0.39, 0.29) is 6.54 Å². The third-order valence-electron chi connectivity index (χ3n) is 3.43. The average Bonchev–Trinajstić information content (AvgIpc) is 2.53. The Morgan fingerprint density at radius 2 is 1.73 bits per heavy atom. The lowest BCUT2D eigenvalue weighted by Gasteiger charge is -2.22. The quantitative estimate of drug-likeness (QED) is 0.822. The molecule has 0 aliphatic rings. The van der Waals surface area contributed by atoms with Gasteiger partial charge in [-0.15, -0.1) is 0 Å². The Kier molecular flexibility index (Phi) is 5.98. The van der Waals surface area contributed by atoms with Gasteiger partial charge < -0.3 is 15.1 Å². The van der Waals surface area contributed by atoms with Crippen molar-refractivity contribution in [1.29, 1.82) is 0 Å². The SMILES string of the molecule is O=C(O)N(CCc1ccc(Br)cc1)C[C@@H](O)c1ccccc1. The van der Waals surface area contributed by atoms with Crippen LogP contribution in [0.2, 0.25) is 0 Å². The van der Waals surface area contributed by atoms with Crippen LogP contribution in [0.5, 0.6) is 0 Å². The molecule has 0 saturated heterocycles. The molecule has 0 fully saturated rings. The Hall–Kier alpha value is -1.85. The molecule has 0 unspecified atom stereocenters. The first-order valence-corrected chi connectivity index (χ1v) is 7.81. The zero-order valence-electron chi connectivity index (χ0n) is 12.0.